The molecule has 0 unspecified atom stereocenters. The van der Waals surface area contributed by atoms with Crippen LogP contribution in [0.15, 0.2) is 23.1 Å². The average Bonchev–Trinajstić information content (AvgIpc) is 3.21. The van der Waals surface area contributed by atoms with E-state index in [0.717, 1.165) is 63.6 Å². The van der Waals surface area contributed by atoms with Gasteiger partial charge in [-0.25, -0.2) is 8.42 Å². The smallest absolute Gasteiger partial charge is 0.247 e. The summed E-state index contributed by atoms with van der Waals surface area (Å²) in [4.78, 5) is 14.7. The number of amides is 1. The molecule has 0 bridgehead atoms. The Hall–Kier alpha value is -1.60. The zero-order chi connectivity index (χ0) is 19.4. The maximum Gasteiger partial charge on any atom is 0.247 e. The van der Waals surface area contributed by atoms with Crippen molar-refractivity contribution in [1.29, 1.82) is 0 Å². The largest absolute Gasteiger partial charge is 0.495 e. The van der Waals surface area contributed by atoms with E-state index in [1.165, 1.54) is 11.4 Å². The highest BCUT2D eigenvalue weighted by Crippen LogP contribution is 2.32. The Morgan fingerprint density at radius 1 is 1.15 bits per heavy atom. The van der Waals surface area contributed by atoms with E-state index in [4.69, 9.17) is 4.74 Å². The molecule has 0 spiro atoms. The first-order chi connectivity index (χ1) is 12.9. The van der Waals surface area contributed by atoms with Gasteiger partial charge in [-0.15, -0.1) is 0 Å². The highest BCUT2D eigenvalue weighted by atomic mass is 32.2. The van der Waals surface area contributed by atoms with Crippen LogP contribution < -0.4 is 4.74 Å². The van der Waals surface area contributed by atoms with Crippen LogP contribution in [0.4, 0.5) is 0 Å². The predicted molar refractivity (Wildman–Crippen MR) is 104 cm³/mol. The maximum absolute atomic E-state index is 13.6. The first kappa shape index (κ1) is 20.1. The molecule has 1 amide bonds. The Kier molecular flexibility index (Phi) is 6.42. The molecule has 1 saturated heterocycles. The van der Waals surface area contributed by atoms with E-state index in [2.05, 4.69) is 0 Å². The van der Waals surface area contributed by atoms with Crippen molar-refractivity contribution in [2.75, 3.05) is 26.7 Å². The molecule has 150 valence electrons. The number of ether oxygens (including phenoxy) is 1. The molecule has 6 nitrogen and oxygen atoms in total. The lowest BCUT2D eigenvalue weighted by atomic mass is 9.95. The number of hydrogen-bond acceptors (Lipinski definition) is 4. The number of sulfonamides is 1. The Morgan fingerprint density at radius 2 is 1.81 bits per heavy atom. The minimum Gasteiger partial charge on any atom is -0.495 e. The van der Waals surface area contributed by atoms with Crippen LogP contribution >= 0.6 is 0 Å². The van der Waals surface area contributed by atoms with Crippen LogP contribution in [0.2, 0.25) is 0 Å². The predicted octanol–water partition coefficient (Wildman–Crippen LogP) is 2.95. The van der Waals surface area contributed by atoms with E-state index < -0.39 is 10.0 Å². The molecule has 0 aromatic heterocycles. The summed E-state index contributed by atoms with van der Waals surface area (Å²) >= 11 is 0. The van der Waals surface area contributed by atoms with Gasteiger partial charge in [-0.1, -0.05) is 25.3 Å². The van der Waals surface area contributed by atoms with Gasteiger partial charge in [0.1, 0.15) is 10.6 Å². The average molecular weight is 395 g/mol. The standard InChI is InChI=1S/C20H30N2O4S/c1-16-10-11-18(26-2)19(14-16)27(24,25)22(17-8-4-3-5-9-17)15-20(23)21-12-6-7-13-21/h10-11,14,17H,3-9,12-13,15H2,1-2H3. The number of methoxy groups -OCH3 is 1. The molecule has 27 heavy (non-hydrogen) atoms. The van der Waals surface area contributed by atoms with E-state index >= 15 is 0 Å². The highest BCUT2D eigenvalue weighted by Gasteiger charge is 2.36. The van der Waals surface area contributed by atoms with E-state index in [-0.39, 0.29) is 23.4 Å². The number of rotatable bonds is 6. The number of aryl methyl sites for hydroxylation is 1. The van der Waals surface area contributed by atoms with Crippen LogP contribution in [0.25, 0.3) is 0 Å². The number of carbonyl (C=O) groups excluding carboxylic acids is 1. The van der Waals surface area contributed by atoms with Crippen LogP contribution in [0, 0.1) is 6.92 Å². The molecule has 0 N–H and O–H groups in total. The maximum atomic E-state index is 13.6. The molecular weight excluding hydrogens is 364 g/mol. The van der Waals surface area contributed by atoms with Gasteiger partial charge >= 0.3 is 0 Å². The summed E-state index contributed by atoms with van der Waals surface area (Å²) in [5.41, 5.74) is 0.851. The fourth-order valence-electron chi connectivity index (χ4n) is 4.09. The van der Waals surface area contributed by atoms with Gasteiger partial charge < -0.3 is 9.64 Å². The Labute approximate surface area is 162 Å². The van der Waals surface area contributed by atoms with Gasteiger partial charge in [-0.3, -0.25) is 4.79 Å². The molecule has 1 aromatic rings. The lowest BCUT2D eigenvalue weighted by molar-refractivity contribution is -0.130. The van der Waals surface area contributed by atoms with Crippen molar-refractivity contribution in [3.05, 3.63) is 23.8 Å². The molecule has 0 atom stereocenters. The molecule has 0 radical (unpaired) electrons. The molecule has 1 aliphatic heterocycles. The normalized spacial score (nSPS) is 18.9. The van der Waals surface area contributed by atoms with E-state index in [1.807, 2.05) is 13.0 Å². The van der Waals surface area contributed by atoms with Crippen LogP contribution in [0.3, 0.4) is 0 Å². The quantitative estimate of drug-likeness (QED) is 0.744. The zero-order valence-electron chi connectivity index (χ0n) is 16.3. The first-order valence-electron chi connectivity index (χ1n) is 9.88. The van der Waals surface area contributed by atoms with E-state index in [0.29, 0.717) is 5.75 Å². The van der Waals surface area contributed by atoms with Gasteiger partial charge in [0.2, 0.25) is 15.9 Å². The van der Waals surface area contributed by atoms with Crippen molar-refractivity contribution in [2.45, 2.75) is 62.8 Å². The summed E-state index contributed by atoms with van der Waals surface area (Å²) in [6.45, 7) is 3.24. The zero-order valence-corrected chi connectivity index (χ0v) is 17.1. The lowest BCUT2D eigenvalue weighted by Gasteiger charge is -2.34. The van der Waals surface area contributed by atoms with E-state index in [1.54, 1.807) is 17.0 Å². The molecule has 7 heteroatoms. The summed E-state index contributed by atoms with van der Waals surface area (Å²) in [7, 11) is -2.35. The third-order valence-electron chi connectivity index (χ3n) is 5.64. The first-order valence-corrected chi connectivity index (χ1v) is 11.3. The third-order valence-corrected chi connectivity index (χ3v) is 7.56. The monoisotopic (exact) mass is 394 g/mol. The minimum atomic E-state index is -3.83. The molecular formula is C20H30N2O4S. The fourth-order valence-corrected chi connectivity index (χ4v) is 5.97. The number of likely N-dealkylation sites (tertiary alicyclic amines) is 1. The number of hydrogen-bond donors (Lipinski definition) is 0. The molecule has 3 rings (SSSR count). The SMILES string of the molecule is COc1ccc(C)cc1S(=O)(=O)N(CC(=O)N1CCCC1)C1CCCCC1. The molecule has 1 aliphatic carbocycles. The van der Waals surface area contributed by atoms with Gasteiger partial charge in [0.05, 0.1) is 13.7 Å². The Bertz CT molecular complexity index is 766. The lowest BCUT2D eigenvalue weighted by Crippen LogP contribution is -2.47. The Morgan fingerprint density at radius 3 is 2.44 bits per heavy atom. The van der Waals surface area contributed by atoms with E-state index in [9.17, 15) is 13.2 Å². The van der Waals surface area contributed by atoms with Gasteiger partial charge in [-0.2, -0.15) is 4.31 Å². The van der Waals surface area contributed by atoms with Crippen molar-refractivity contribution in [2.24, 2.45) is 0 Å². The highest BCUT2D eigenvalue weighted by molar-refractivity contribution is 7.89. The van der Waals surface area contributed by atoms with Gasteiger partial charge in [-0.05, 0) is 50.3 Å². The van der Waals surface area contributed by atoms with Crippen LogP contribution in [0.5, 0.6) is 5.75 Å². The van der Waals surface area contributed by atoms with Crippen molar-refractivity contribution >= 4 is 15.9 Å². The van der Waals surface area contributed by atoms with Gasteiger partial charge in [0.25, 0.3) is 0 Å². The molecule has 2 fully saturated rings. The minimum absolute atomic E-state index is 0.0793. The van der Waals surface area contributed by atoms with Crippen LogP contribution in [-0.4, -0.2) is 56.3 Å². The van der Waals surface area contributed by atoms with Crippen molar-refractivity contribution in [3.63, 3.8) is 0 Å². The third kappa shape index (κ3) is 4.46. The second kappa shape index (κ2) is 8.61. The summed E-state index contributed by atoms with van der Waals surface area (Å²) in [6, 6.07) is 5.03. The van der Waals surface area contributed by atoms with Crippen molar-refractivity contribution in [1.82, 2.24) is 9.21 Å². The number of carbonyl (C=O) groups is 1. The summed E-state index contributed by atoms with van der Waals surface area (Å²) in [5, 5.41) is 0. The second-order valence-corrected chi connectivity index (χ2v) is 9.44. The molecule has 1 saturated carbocycles. The van der Waals surface area contributed by atoms with Crippen LogP contribution in [0.1, 0.15) is 50.5 Å². The van der Waals surface area contributed by atoms with Gasteiger partial charge in [0.15, 0.2) is 0 Å². The topological polar surface area (TPSA) is 66.9 Å². The molecule has 2 aliphatic rings. The number of benzene rings is 1. The second-order valence-electron chi connectivity index (χ2n) is 7.58. The summed E-state index contributed by atoms with van der Waals surface area (Å²) in [5.74, 6) is 0.239. The molecule has 1 aromatic carbocycles. The van der Waals surface area contributed by atoms with Crippen molar-refractivity contribution < 1.29 is 17.9 Å². The van der Waals surface area contributed by atoms with Crippen LogP contribution in [-0.2, 0) is 14.8 Å². The Balaban J connectivity index is 1.95. The summed E-state index contributed by atoms with van der Waals surface area (Å²) < 4.78 is 34.0. The van der Waals surface area contributed by atoms with Crippen molar-refractivity contribution in [3.8, 4) is 5.75 Å². The molecule has 1 heterocycles. The fraction of sp³-hybridized carbons (Fsp3) is 0.650. The van der Waals surface area contributed by atoms with Gasteiger partial charge in [0, 0.05) is 19.1 Å². The number of nitrogens with zero attached hydrogens (tertiary/aromatic N) is 2. The summed E-state index contributed by atoms with van der Waals surface area (Å²) in [6.07, 6.45) is 6.72.